The third kappa shape index (κ3) is 9.92. The number of benzene rings is 2. The smallest absolute Gasteiger partial charge is 0.303 e. The molecule has 0 aliphatic carbocycles. The molecule has 2 aliphatic heterocycles. The third-order valence-electron chi connectivity index (χ3n) is 9.60. The molecule has 19 nitrogen and oxygen atoms in total. The van der Waals surface area contributed by atoms with Crippen LogP contribution in [0.15, 0.2) is 68.9 Å². The fourth-order valence-corrected chi connectivity index (χ4v) is 10.7. The number of anilines is 1. The van der Waals surface area contributed by atoms with Gasteiger partial charge in [-0.15, -0.1) is 0 Å². The third-order valence-corrected chi connectivity index (χ3v) is 13.8. The van der Waals surface area contributed by atoms with Crippen LogP contribution in [0.5, 0.6) is 0 Å². The van der Waals surface area contributed by atoms with E-state index < -0.39 is 93.6 Å². The summed E-state index contributed by atoms with van der Waals surface area (Å²) in [6.07, 6.45) is 3.47. The summed E-state index contributed by atoms with van der Waals surface area (Å²) >= 11 is 0. The van der Waals surface area contributed by atoms with Crippen molar-refractivity contribution in [3.8, 4) is 0 Å². The molecule has 0 bridgehead atoms. The van der Waals surface area contributed by atoms with Gasteiger partial charge >= 0.3 is 5.97 Å². The Morgan fingerprint density at radius 2 is 1.36 bits per heavy atom. The van der Waals surface area contributed by atoms with Gasteiger partial charge in [-0.05, 0) is 64.3 Å². The summed E-state index contributed by atoms with van der Waals surface area (Å²) in [6, 6.07) is 5.47. The van der Waals surface area contributed by atoms with Crippen LogP contribution in [0.1, 0.15) is 64.0 Å². The fraction of sp³-hybridized carbons (Fsp3) is 0.438. The maximum Gasteiger partial charge on any atom is 0.303 e. The second kappa shape index (κ2) is 15.6. The van der Waals surface area contributed by atoms with E-state index in [0.29, 0.717) is 6.07 Å². The Kier molecular flexibility index (Phi) is 12.6. The van der Waals surface area contributed by atoms with Crippen molar-refractivity contribution < 1.29 is 79.3 Å². The summed E-state index contributed by atoms with van der Waals surface area (Å²) in [4.78, 5) is 10.8. The maximum atomic E-state index is 12.7. The van der Waals surface area contributed by atoms with E-state index in [1.54, 1.807) is 6.92 Å². The quantitative estimate of drug-likeness (QED) is 0.0982. The maximum absolute atomic E-state index is 12.7. The van der Waals surface area contributed by atoms with Crippen molar-refractivity contribution in [1.29, 1.82) is 0 Å². The topological polar surface area (TPSA) is 315 Å². The largest absolute Gasteiger partial charge is 0.481 e. The molecule has 2 aromatic carbocycles. The molecule has 0 aromatic heterocycles. The second-order valence-corrected chi connectivity index (χ2v) is 21.3. The molecule has 0 saturated heterocycles. The summed E-state index contributed by atoms with van der Waals surface area (Å²) in [5.74, 6) is -2.62. The molecular formula is C32H41N2O17S5+. The molecule has 2 aliphatic rings. The molecule has 1 unspecified atom stereocenters. The average Bonchev–Trinajstić information content (AvgIpc) is 3.38. The summed E-state index contributed by atoms with van der Waals surface area (Å²) in [5, 5.41) is 9.40. The van der Waals surface area contributed by atoms with Crippen molar-refractivity contribution in [2.24, 2.45) is 0 Å². The summed E-state index contributed by atoms with van der Waals surface area (Å²) < 4.78 is 172. The van der Waals surface area contributed by atoms with Crippen LogP contribution in [0.2, 0.25) is 0 Å². The SMILES string of the molecule is CC1(C)C(/C=C/C=C2/N(CCCS(=O)(=O)O)c3cccc(S(=O)(=O)O)c3C2(C)CCCC(=O)O)=[N+](CCCS(=O)(=O)O)c2cc(S(=O)(=O)O)cc(S(=O)(=O)O)c21. The Morgan fingerprint density at radius 3 is 1.89 bits per heavy atom. The Labute approximate surface area is 324 Å². The van der Waals surface area contributed by atoms with Crippen LogP contribution >= 0.6 is 0 Å². The van der Waals surface area contributed by atoms with E-state index in [9.17, 15) is 74.8 Å². The zero-order chi connectivity index (χ0) is 42.4. The number of fused-ring (bicyclic) bond motifs is 2. The van der Waals surface area contributed by atoms with Gasteiger partial charge in [0.25, 0.3) is 50.6 Å². The number of allylic oxidation sites excluding steroid dienone is 4. The van der Waals surface area contributed by atoms with E-state index in [4.69, 9.17) is 0 Å². The Balaban J connectivity index is 2.02. The summed E-state index contributed by atoms with van der Waals surface area (Å²) in [5.41, 5.74) is -2.35. The minimum absolute atomic E-state index is 0.000758. The predicted molar refractivity (Wildman–Crippen MR) is 201 cm³/mol. The minimum atomic E-state index is -5.18. The highest BCUT2D eigenvalue weighted by atomic mass is 32.2. The van der Waals surface area contributed by atoms with Crippen LogP contribution in [-0.2, 0) is 66.2 Å². The first-order chi connectivity index (χ1) is 25.4. The Morgan fingerprint density at radius 1 is 0.768 bits per heavy atom. The predicted octanol–water partition coefficient (Wildman–Crippen LogP) is 2.83. The van der Waals surface area contributed by atoms with Crippen LogP contribution in [-0.4, -0.2) is 111 Å². The normalized spacial score (nSPS) is 19.6. The number of aliphatic carboxylic acids is 1. The van der Waals surface area contributed by atoms with Gasteiger partial charge in [0.05, 0.1) is 22.5 Å². The first-order valence-electron chi connectivity index (χ1n) is 16.6. The van der Waals surface area contributed by atoms with E-state index in [2.05, 4.69) is 0 Å². The highest BCUT2D eigenvalue weighted by Crippen LogP contribution is 2.53. The monoisotopic (exact) mass is 885 g/mol. The lowest BCUT2D eigenvalue weighted by atomic mass is 9.77. The summed E-state index contributed by atoms with van der Waals surface area (Å²) in [7, 11) is -24.1. The molecule has 0 radical (unpaired) electrons. The zero-order valence-corrected chi connectivity index (χ0v) is 34.2. The molecule has 0 amide bonds. The fourth-order valence-electron chi connectivity index (χ4n) is 7.38. The lowest BCUT2D eigenvalue weighted by molar-refractivity contribution is -0.437. The molecule has 0 saturated carbocycles. The molecule has 310 valence electrons. The minimum Gasteiger partial charge on any atom is -0.481 e. The van der Waals surface area contributed by atoms with E-state index in [-0.39, 0.29) is 79.1 Å². The number of nitrogens with zero attached hydrogens (tertiary/aromatic N) is 2. The number of carbonyl (C=O) groups is 1. The van der Waals surface area contributed by atoms with Crippen molar-refractivity contribution in [1.82, 2.24) is 0 Å². The van der Waals surface area contributed by atoms with Crippen molar-refractivity contribution in [3.63, 3.8) is 0 Å². The van der Waals surface area contributed by atoms with Crippen molar-refractivity contribution in [2.75, 3.05) is 29.5 Å². The number of rotatable bonds is 17. The van der Waals surface area contributed by atoms with Crippen LogP contribution in [0.25, 0.3) is 0 Å². The van der Waals surface area contributed by atoms with E-state index in [0.717, 1.165) is 12.1 Å². The standard InChI is InChI=1S/C32H40N2O17S5/c1-31(2)26(34(16-8-18-53(40,41)42)23-19-21(54(43,44)45)20-25(29(23)31)56(49,50)51)11-5-12-27-32(3,14-6-13-28(35)36)30-22(9-4-10-24(30)55(46,47)48)33(27)15-7-17-52(37,38)39/h4-5,9-12,19-20H,6-8,13-18H2,1-3H3,(H5-,35,36,37,38,39,40,41,42,43,44,45,46,47,48,49,50,51)/p+1. The molecular weight excluding hydrogens is 845 g/mol. The first kappa shape index (κ1) is 45.1. The van der Waals surface area contributed by atoms with Gasteiger partial charge in [0.15, 0.2) is 5.71 Å². The van der Waals surface area contributed by atoms with E-state index in [1.807, 2.05) is 0 Å². The van der Waals surface area contributed by atoms with Gasteiger partial charge < -0.3 is 10.0 Å². The van der Waals surface area contributed by atoms with Gasteiger partial charge in [-0.3, -0.25) is 27.6 Å². The van der Waals surface area contributed by atoms with Crippen LogP contribution < -0.4 is 4.90 Å². The van der Waals surface area contributed by atoms with Gasteiger partial charge in [0.2, 0.25) is 5.69 Å². The van der Waals surface area contributed by atoms with Crippen LogP contribution in [0.3, 0.4) is 0 Å². The van der Waals surface area contributed by atoms with Crippen LogP contribution in [0.4, 0.5) is 11.4 Å². The van der Waals surface area contributed by atoms with Crippen LogP contribution in [0, 0.1) is 0 Å². The zero-order valence-electron chi connectivity index (χ0n) is 30.1. The Hall–Kier alpha value is -3.59. The number of hydrogen-bond acceptors (Lipinski definition) is 12. The second-order valence-electron chi connectivity index (χ2n) is 14.0. The highest BCUT2D eigenvalue weighted by Gasteiger charge is 2.50. The van der Waals surface area contributed by atoms with Crippen molar-refractivity contribution in [3.05, 3.63) is 65.4 Å². The van der Waals surface area contributed by atoms with Gasteiger partial charge in [-0.1, -0.05) is 12.1 Å². The van der Waals surface area contributed by atoms with E-state index >= 15 is 0 Å². The Bertz CT molecular complexity index is 2610. The number of hydrogen-bond donors (Lipinski definition) is 6. The summed E-state index contributed by atoms with van der Waals surface area (Å²) in [6.45, 7) is 4.17. The molecule has 0 fully saturated rings. The number of carboxylic acid groups (broad SMARTS) is 1. The van der Waals surface area contributed by atoms with Crippen molar-refractivity contribution >= 4 is 73.6 Å². The first-order valence-corrected chi connectivity index (χ1v) is 24.1. The lowest BCUT2D eigenvalue weighted by Crippen LogP contribution is -2.31. The molecule has 6 N–H and O–H groups in total. The average molecular weight is 886 g/mol. The molecule has 2 aromatic rings. The lowest BCUT2D eigenvalue weighted by Gasteiger charge is -2.31. The molecule has 1 atom stereocenters. The van der Waals surface area contributed by atoms with Gasteiger partial charge in [-0.2, -0.15) is 46.7 Å². The molecule has 24 heteroatoms. The highest BCUT2D eigenvalue weighted by molar-refractivity contribution is 7.87. The van der Waals surface area contributed by atoms with Gasteiger partial charge in [0.1, 0.15) is 21.2 Å². The number of carboxylic acids is 1. The molecule has 0 spiro atoms. The molecule has 2 heterocycles. The van der Waals surface area contributed by atoms with E-state index in [1.165, 1.54) is 53.7 Å². The van der Waals surface area contributed by atoms with Gasteiger partial charge in [0, 0.05) is 53.9 Å². The molecule has 56 heavy (non-hydrogen) atoms. The molecule has 4 rings (SSSR count). The van der Waals surface area contributed by atoms with Crippen molar-refractivity contribution in [2.45, 2.75) is 78.4 Å². The van der Waals surface area contributed by atoms with Gasteiger partial charge in [-0.25, -0.2) is 0 Å².